The minimum absolute atomic E-state index is 0.0686. The largest absolute Gasteiger partial charge is 0.381 e. The quantitative estimate of drug-likeness (QED) is 0.429. The second-order valence-electron chi connectivity index (χ2n) is 9.88. The van der Waals surface area contributed by atoms with Gasteiger partial charge in [0.2, 0.25) is 0 Å². The summed E-state index contributed by atoms with van der Waals surface area (Å²) >= 11 is 0. The van der Waals surface area contributed by atoms with Crippen molar-refractivity contribution in [1.82, 2.24) is 24.8 Å². The van der Waals surface area contributed by atoms with Crippen LogP contribution in [-0.4, -0.2) is 52.7 Å². The standard InChI is InChI=1S/C28H30N6O2/c1-33(2)15-24-18(17-10-13-36-16-17)5-7-25(32-24)31-23-6-4-19(22-14-30-28(35)26(22)23)20-8-11-29-27-21(20)9-12-34(27)3/h4-9,11-12,17H,10,13-16H2,1-3H3,(H,30,35)(H,31,32). The number of nitrogens with zero attached hydrogens (tertiary/aromatic N) is 4. The number of aromatic nitrogens is 3. The molecule has 1 aromatic carbocycles. The predicted octanol–water partition coefficient (Wildman–Crippen LogP) is 4.19. The fraction of sp³-hybridized carbons (Fsp3) is 0.321. The van der Waals surface area contributed by atoms with Gasteiger partial charge in [0.15, 0.2) is 0 Å². The van der Waals surface area contributed by atoms with Gasteiger partial charge >= 0.3 is 0 Å². The van der Waals surface area contributed by atoms with Crippen molar-refractivity contribution >= 4 is 28.4 Å². The van der Waals surface area contributed by atoms with Gasteiger partial charge in [0.25, 0.3) is 5.91 Å². The number of hydrogen-bond donors (Lipinski definition) is 2. The van der Waals surface area contributed by atoms with E-state index in [1.165, 1.54) is 5.56 Å². The van der Waals surface area contributed by atoms with Crippen LogP contribution in [0.1, 0.15) is 39.5 Å². The molecule has 8 heteroatoms. The molecule has 2 N–H and O–H groups in total. The summed E-state index contributed by atoms with van der Waals surface area (Å²) < 4.78 is 7.64. The summed E-state index contributed by atoms with van der Waals surface area (Å²) in [6.45, 7) is 2.78. The Balaban J connectivity index is 1.39. The summed E-state index contributed by atoms with van der Waals surface area (Å²) in [5.74, 6) is 1.05. The first-order chi connectivity index (χ1) is 17.5. The van der Waals surface area contributed by atoms with E-state index in [1.807, 2.05) is 42.2 Å². The summed E-state index contributed by atoms with van der Waals surface area (Å²) in [4.78, 5) is 24.6. The molecular formula is C28H30N6O2. The van der Waals surface area contributed by atoms with E-state index in [0.717, 1.165) is 71.1 Å². The van der Waals surface area contributed by atoms with Crippen LogP contribution < -0.4 is 10.6 Å². The van der Waals surface area contributed by atoms with Crippen molar-refractivity contribution in [3.8, 4) is 11.1 Å². The number of nitrogens with one attached hydrogen (secondary N) is 2. The van der Waals surface area contributed by atoms with E-state index in [4.69, 9.17) is 9.72 Å². The van der Waals surface area contributed by atoms with Gasteiger partial charge in [0, 0.05) is 50.4 Å². The Morgan fingerprint density at radius 3 is 2.86 bits per heavy atom. The number of pyridine rings is 2. The van der Waals surface area contributed by atoms with Gasteiger partial charge < -0.3 is 24.8 Å². The molecule has 4 aromatic rings. The number of ether oxygens (including phenoxy) is 1. The van der Waals surface area contributed by atoms with Gasteiger partial charge in [-0.25, -0.2) is 9.97 Å². The number of rotatable bonds is 6. The minimum atomic E-state index is -0.0686. The molecule has 1 unspecified atom stereocenters. The number of aryl methyl sites for hydroxylation is 1. The van der Waals surface area contributed by atoms with Crippen LogP contribution in [0, 0.1) is 0 Å². The highest BCUT2D eigenvalue weighted by Crippen LogP contribution is 2.38. The van der Waals surface area contributed by atoms with Crippen LogP contribution in [0.2, 0.25) is 0 Å². The maximum atomic E-state index is 13.0. The Morgan fingerprint density at radius 1 is 1.17 bits per heavy atom. The molecule has 0 radical (unpaired) electrons. The van der Waals surface area contributed by atoms with Crippen LogP contribution in [0.4, 0.5) is 11.5 Å². The lowest BCUT2D eigenvalue weighted by Gasteiger charge is -2.19. The molecule has 8 nitrogen and oxygen atoms in total. The lowest BCUT2D eigenvalue weighted by Crippen LogP contribution is -2.16. The van der Waals surface area contributed by atoms with Gasteiger partial charge in [-0.1, -0.05) is 12.1 Å². The van der Waals surface area contributed by atoms with Crippen molar-refractivity contribution in [3.05, 3.63) is 71.2 Å². The van der Waals surface area contributed by atoms with Crippen LogP contribution in [0.3, 0.4) is 0 Å². The molecule has 184 valence electrons. The Morgan fingerprint density at radius 2 is 2.06 bits per heavy atom. The molecule has 1 atom stereocenters. The maximum Gasteiger partial charge on any atom is 0.254 e. The fourth-order valence-electron chi connectivity index (χ4n) is 5.40. The number of carbonyl (C=O) groups excluding carboxylic acids is 1. The Labute approximate surface area is 210 Å². The number of benzene rings is 1. The molecule has 0 aliphatic carbocycles. The zero-order valence-electron chi connectivity index (χ0n) is 20.8. The SMILES string of the molecule is CN(C)Cc1nc(Nc2ccc(-c3ccnc4c3ccn4C)c3c2C(=O)NC3)ccc1C1CCOC1. The molecule has 1 fully saturated rings. The van der Waals surface area contributed by atoms with Crippen LogP contribution >= 0.6 is 0 Å². The van der Waals surface area contributed by atoms with E-state index in [9.17, 15) is 4.79 Å². The molecule has 5 heterocycles. The highest BCUT2D eigenvalue weighted by molar-refractivity contribution is 6.07. The Kier molecular flexibility index (Phi) is 5.70. The summed E-state index contributed by atoms with van der Waals surface area (Å²) in [5, 5.41) is 7.54. The van der Waals surface area contributed by atoms with Crippen molar-refractivity contribution in [2.24, 2.45) is 7.05 Å². The molecule has 6 rings (SSSR count). The van der Waals surface area contributed by atoms with E-state index in [2.05, 4.69) is 52.8 Å². The molecule has 0 bridgehead atoms. The van der Waals surface area contributed by atoms with Crippen LogP contribution in [0.15, 0.2) is 48.8 Å². The Hall–Kier alpha value is -3.75. The highest BCUT2D eigenvalue weighted by atomic mass is 16.5. The normalized spacial score (nSPS) is 17.1. The van der Waals surface area contributed by atoms with E-state index >= 15 is 0 Å². The van der Waals surface area contributed by atoms with Gasteiger partial charge in [-0.2, -0.15) is 0 Å². The smallest absolute Gasteiger partial charge is 0.254 e. The third-order valence-corrected chi connectivity index (χ3v) is 7.13. The molecule has 2 aliphatic rings. The van der Waals surface area contributed by atoms with Gasteiger partial charge in [-0.3, -0.25) is 4.79 Å². The first-order valence-electron chi connectivity index (χ1n) is 12.3. The topological polar surface area (TPSA) is 84.3 Å². The van der Waals surface area contributed by atoms with E-state index in [-0.39, 0.29) is 5.91 Å². The molecule has 36 heavy (non-hydrogen) atoms. The molecule has 1 amide bonds. The van der Waals surface area contributed by atoms with E-state index in [0.29, 0.717) is 18.0 Å². The number of hydrogen-bond acceptors (Lipinski definition) is 6. The second-order valence-corrected chi connectivity index (χ2v) is 9.88. The van der Waals surface area contributed by atoms with Crippen molar-refractivity contribution < 1.29 is 9.53 Å². The Bertz CT molecular complexity index is 1470. The summed E-state index contributed by atoms with van der Waals surface area (Å²) in [5.41, 5.74) is 7.77. The van der Waals surface area contributed by atoms with E-state index < -0.39 is 0 Å². The average molecular weight is 483 g/mol. The van der Waals surface area contributed by atoms with Gasteiger partial charge in [-0.05, 0) is 67.0 Å². The van der Waals surface area contributed by atoms with Crippen molar-refractivity contribution in [2.75, 3.05) is 32.6 Å². The van der Waals surface area contributed by atoms with Gasteiger partial charge in [-0.15, -0.1) is 0 Å². The number of fused-ring (bicyclic) bond motifs is 2. The zero-order valence-corrected chi connectivity index (χ0v) is 20.8. The highest BCUT2D eigenvalue weighted by Gasteiger charge is 2.27. The first-order valence-corrected chi connectivity index (χ1v) is 12.3. The first kappa shape index (κ1) is 22.7. The summed E-state index contributed by atoms with van der Waals surface area (Å²) in [6.07, 6.45) is 4.86. The van der Waals surface area contributed by atoms with Gasteiger partial charge in [0.1, 0.15) is 11.5 Å². The second kappa shape index (κ2) is 9.04. The van der Waals surface area contributed by atoms with Crippen molar-refractivity contribution in [2.45, 2.75) is 25.4 Å². The number of carbonyl (C=O) groups is 1. The fourth-order valence-corrected chi connectivity index (χ4v) is 5.40. The summed E-state index contributed by atoms with van der Waals surface area (Å²) in [7, 11) is 6.09. The minimum Gasteiger partial charge on any atom is -0.381 e. The molecule has 2 aliphatic heterocycles. The van der Waals surface area contributed by atoms with Crippen LogP contribution in [0.5, 0.6) is 0 Å². The molecular weight excluding hydrogens is 452 g/mol. The van der Waals surface area contributed by atoms with Crippen molar-refractivity contribution in [1.29, 1.82) is 0 Å². The lowest BCUT2D eigenvalue weighted by atomic mass is 9.94. The average Bonchev–Trinajstić information content (AvgIpc) is 3.61. The van der Waals surface area contributed by atoms with Gasteiger partial charge in [0.05, 0.1) is 23.6 Å². The monoisotopic (exact) mass is 482 g/mol. The van der Waals surface area contributed by atoms with Crippen LogP contribution in [0.25, 0.3) is 22.2 Å². The lowest BCUT2D eigenvalue weighted by molar-refractivity contribution is 0.0966. The van der Waals surface area contributed by atoms with Crippen LogP contribution in [-0.2, 0) is 24.9 Å². The molecule has 1 saturated heterocycles. The molecule has 0 spiro atoms. The summed E-state index contributed by atoms with van der Waals surface area (Å²) in [6, 6.07) is 12.3. The third kappa shape index (κ3) is 3.92. The van der Waals surface area contributed by atoms with E-state index in [1.54, 1.807) is 0 Å². The predicted molar refractivity (Wildman–Crippen MR) is 140 cm³/mol. The molecule has 0 saturated carbocycles. The zero-order chi connectivity index (χ0) is 24.8. The third-order valence-electron chi connectivity index (χ3n) is 7.13. The maximum absolute atomic E-state index is 13.0. The number of amides is 1. The number of anilines is 2. The van der Waals surface area contributed by atoms with Crippen molar-refractivity contribution in [3.63, 3.8) is 0 Å². The molecule has 3 aromatic heterocycles.